The third-order valence-electron chi connectivity index (χ3n) is 3.36. The minimum absolute atomic E-state index is 0.0834. The van der Waals surface area contributed by atoms with Crippen molar-refractivity contribution in [2.45, 2.75) is 13.0 Å². The van der Waals surface area contributed by atoms with E-state index in [9.17, 15) is 4.79 Å². The maximum absolute atomic E-state index is 12.0. The number of rotatable bonds is 2. The van der Waals surface area contributed by atoms with Crippen LogP contribution in [0.5, 0.6) is 11.5 Å². The predicted octanol–water partition coefficient (Wildman–Crippen LogP) is 2.14. The number of halogens is 1. The van der Waals surface area contributed by atoms with Crippen LogP contribution in [0.1, 0.15) is 9.68 Å². The molecule has 3 rings (SSSR count). The number of fused-ring (bicyclic) bond motifs is 3. The average Bonchev–Trinajstić information content (AvgIpc) is 2.44. The van der Waals surface area contributed by atoms with Crippen LogP contribution in [0, 0.1) is 0 Å². The predicted molar refractivity (Wildman–Crippen MR) is 75.8 cm³/mol. The summed E-state index contributed by atoms with van der Waals surface area (Å²) in [6.07, 6.45) is 0.593. The van der Waals surface area contributed by atoms with Gasteiger partial charge in [-0.3, -0.25) is 4.57 Å². The molecule has 20 heavy (non-hydrogen) atoms. The lowest BCUT2D eigenvalue weighted by molar-refractivity contribution is 0.354. The average molecular weight is 296 g/mol. The molecule has 104 valence electrons. The van der Waals surface area contributed by atoms with E-state index < -0.39 is 12.7 Å². The van der Waals surface area contributed by atoms with Crippen LogP contribution in [-0.4, -0.2) is 23.7 Å². The van der Waals surface area contributed by atoms with Crippen molar-refractivity contribution in [2.75, 3.05) is 14.1 Å². The van der Waals surface area contributed by atoms with Crippen LogP contribution < -0.4 is 15.2 Å². The van der Waals surface area contributed by atoms with Gasteiger partial charge >= 0.3 is 5.69 Å². The Labute approximate surface area is 124 Å². The van der Waals surface area contributed by atoms with Crippen molar-refractivity contribution in [1.82, 2.24) is 9.55 Å². The van der Waals surface area contributed by atoms with Crippen molar-refractivity contribution in [3.8, 4) is 22.8 Å². The van der Waals surface area contributed by atoms with Crippen molar-refractivity contribution in [3.05, 3.63) is 39.4 Å². The second kappa shape index (κ2) is 4.83. The van der Waals surface area contributed by atoms with E-state index in [1.54, 1.807) is 18.2 Å². The number of ether oxygens (including phenoxy) is 2. The summed E-state index contributed by atoms with van der Waals surface area (Å²) in [5.41, 5.74) is 1.74. The highest BCUT2D eigenvalue weighted by molar-refractivity contribution is 6.29. The van der Waals surface area contributed by atoms with Gasteiger partial charge in [0, 0.05) is 18.2 Å². The second-order valence-electron chi connectivity index (χ2n) is 4.41. The minimum Gasteiger partial charge on any atom is -0.493 e. The van der Waals surface area contributed by atoms with E-state index in [4.69, 9.17) is 25.2 Å². The largest absolute Gasteiger partial charge is 0.493 e. The molecule has 0 unspecified atom stereocenters. The molecule has 1 aliphatic heterocycles. The zero-order valence-electron chi connectivity index (χ0n) is 13.6. The highest BCUT2D eigenvalue weighted by Crippen LogP contribution is 2.38. The first-order chi connectivity index (χ1) is 10.8. The molecule has 6 heteroatoms. The van der Waals surface area contributed by atoms with Crippen LogP contribution >= 0.6 is 11.6 Å². The van der Waals surface area contributed by atoms with Gasteiger partial charge in [-0.05, 0) is 24.1 Å². The lowest BCUT2D eigenvalue weighted by Gasteiger charge is -2.22. The summed E-state index contributed by atoms with van der Waals surface area (Å²) in [5, 5.41) is 0.0863. The van der Waals surface area contributed by atoms with Crippen LogP contribution in [0.4, 0.5) is 0 Å². The SMILES string of the molecule is [2H]C([2H])([2H])Oc1cc2c(cc1OC)CCn1c-2cc(Cl)nc1=O. The first-order valence-corrected chi connectivity index (χ1v) is 6.34. The number of benzene rings is 1. The number of hydrogen-bond acceptors (Lipinski definition) is 4. The fraction of sp³-hybridized carbons (Fsp3) is 0.286. The molecule has 1 aromatic heterocycles. The van der Waals surface area contributed by atoms with Crippen LogP contribution in [0.3, 0.4) is 0 Å². The van der Waals surface area contributed by atoms with E-state index in [2.05, 4.69) is 4.98 Å². The van der Waals surface area contributed by atoms with Crippen LogP contribution in [-0.2, 0) is 13.0 Å². The maximum Gasteiger partial charge on any atom is 0.349 e. The Kier molecular flexibility index (Phi) is 2.37. The number of methoxy groups -OCH3 is 2. The lowest BCUT2D eigenvalue weighted by Crippen LogP contribution is -2.28. The molecule has 0 atom stereocenters. The minimum atomic E-state index is -2.61. The third kappa shape index (κ3) is 1.94. The maximum atomic E-state index is 12.0. The normalized spacial score (nSPS) is 15.4. The quantitative estimate of drug-likeness (QED) is 0.797. The molecular weight excluding hydrogens is 280 g/mol. The van der Waals surface area contributed by atoms with Gasteiger partial charge in [-0.25, -0.2) is 4.79 Å². The summed E-state index contributed by atoms with van der Waals surface area (Å²) in [7, 11) is -1.16. The van der Waals surface area contributed by atoms with Gasteiger partial charge in [-0.1, -0.05) is 11.6 Å². The standard InChI is InChI=1S/C14H13ClN2O3/c1-19-11-5-8-3-4-17-10(7-13(15)16-14(17)18)9(8)6-12(11)20-2/h5-7H,3-4H2,1-2H3/i2D3. The van der Waals surface area contributed by atoms with E-state index in [1.165, 1.54) is 11.7 Å². The molecule has 2 aromatic rings. The fourth-order valence-corrected chi connectivity index (χ4v) is 2.61. The van der Waals surface area contributed by atoms with Gasteiger partial charge in [0.2, 0.25) is 0 Å². The lowest BCUT2D eigenvalue weighted by atomic mass is 9.97. The summed E-state index contributed by atoms with van der Waals surface area (Å²) in [6.45, 7) is 0.466. The summed E-state index contributed by atoms with van der Waals surface area (Å²) >= 11 is 5.88. The molecule has 0 amide bonds. The fourth-order valence-electron chi connectivity index (χ4n) is 2.44. The van der Waals surface area contributed by atoms with E-state index in [-0.39, 0.29) is 10.9 Å². The number of aryl methyl sites for hydroxylation is 1. The first-order valence-electron chi connectivity index (χ1n) is 7.46. The molecule has 1 aliphatic rings. The number of nitrogens with zero attached hydrogens (tertiary/aromatic N) is 2. The van der Waals surface area contributed by atoms with E-state index in [1.807, 2.05) is 0 Å². The summed E-state index contributed by atoms with van der Waals surface area (Å²) in [4.78, 5) is 15.7. The van der Waals surface area contributed by atoms with Gasteiger partial charge in [-0.15, -0.1) is 0 Å². The van der Waals surface area contributed by atoms with Gasteiger partial charge in [0.15, 0.2) is 11.5 Å². The van der Waals surface area contributed by atoms with Crippen LogP contribution in [0.2, 0.25) is 5.15 Å². The van der Waals surface area contributed by atoms with Crippen molar-refractivity contribution in [3.63, 3.8) is 0 Å². The highest BCUT2D eigenvalue weighted by Gasteiger charge is 2.21. The topological polar surface area (TPSA) is 53.4 Å². The smallest absolute Gasteiger partial charge is 0.349 e. The molecule has 0 N–H and O–H groups in total. The number of hydrogen-bond donors (Lipinski definition) is 0. The van der Waals surface area contributed by atoms with Crippen LogP contribution in [0.25, 0.3) is 11.3 Å². The van der Waals surface area contributed by atoms with Gasteiger partial charge in [-0.2, -0.15) is 4.98 Å². The van der Waals surface area contributed by atoms with E-state index in [0.717, 1.165) is 5.56 Å². The molecule has 5 nitrogen and oxygen atoms in total. The molecular formula is C14H13ClN2O3. The zero-order chi connectivity index (χ0) is 16.8. The van der Waals surface area contributed by atoms with Crippen molar-refractivity contribution in [2.24, 2.45) is 0 Å². The molecule has 1 aromatic carbocycles. The third-order valence-corrected chi connectivity index (χ3v) is 3.55. The zero-order valence-corrected chi connectivity index (χ0v) is 11.4. The van der Waals surface area contributed by atoms with Gasteiger partial charge in [0.25, 0.3) is 0 Å². The van der Waals surface area contributed by atoms with Gasteiger partial charge < -0.3 is 9.47 Å². The molecule has 0 fully saturated rings. The Morgan fingerprint density at radius 3 is 2.90 bits per heavy atom. The molecule has 0 saturated carbocycles. The number of aromatic nitrogens is 2. The Morgan fingerprint density at radius 1 is 1.35 bits per heavy atom. The van der Waals surface area contributed by atoms with Crippen LogP contribution in [0.15, 0.2) is 23.0 Å². The molecule has 0 saturated heterocycles. The summed E-state index contributed by atoms with van der Waals surface area (Å²) < 4.78 is 33.5. The first kappa shape index (κ1) is 9.83. The molecule has 0 bridgehead atoms. The second-order valence-corrected chi connectivity index (χ2v) is 4.80. The van der Waals surface area contributed by atoms with Crippen molar-refractivity contribution < 1.29 is 13.6 Å². The van der Waals surface area contributed by atoms with Crippen molar-refractivity contribution in [1.29, 1.82) is 0 Å². The molecule has 2 heterocycles. The molecule has 0 radical (unpaired) electrons. The Balaban J connectivity index is 2.21. The van der Waals surface area contributed by atoms with E-state index >= 15 is 0 Å². The van der Waals surface area contributed by atoms with E-state index in [0.29, 0.717) is 30.0 Å². The molecule has 0 aliphatic carbocycles. The highest BCUT2D eigenvalue weighted by atomic mass is 35.5. The molecule has 0 spiro atoms. The van der Waals surface area contributed by atoms with Gasteiger partial charge in [0.05, 0.1) is 24.0 Å². The monoisotopic (exact) mass is 295 g/mol. The Bertz CT molecular complexity index is 833. The van der Waals surface area contributed by atoms with Crippen molar-refractivity contribution >= 4 is 11.6 Å². The summed E-state index contributed by atoms with van der Waals surface area (Å²) in [6, 6.07) is 4.85. The van der Waals surface area contributed by atoms with Gasteiger partial charge in [0.1, 0.15) is 5.15 Å². The Morgan fingerprint density at radius 2 is 2.15 bits per heavy atom. The Hall–Kier alpha value is -2.01. The summed E-state index contributed by atoms with van der Waals surface area (Å²) in [5.74, 6) is 0.413.